The summed E-state index contributed by atoms with van der Waals surface area (Å²) in [5.41, 5.74) is 2.30. The first-order valence-corrected chi connectivity index (χ1v) is 8.33. The average molecular weight is 289 g/mol. The fourth-order valence-corrected chi connectivity index (χ4v) is 4.37. The standard InChI is InChI=1S/C16H19NO2S/c1-13-5-7-15(8-6-13)20(18,19)17-11-9-14-4-3-10-16(14,2)12-17/h4-9,11H,3,10,12H2,1-2H3. The lowest BCUT2D eigenvalue weighted by atomic mass is 9.82. The van der Waals surface area contributed by atoms with E-state index >= 15 is 0 Å². The van der Waals surface area contributed by atoms with Crippen LogP contribution in [-0.2, 0) is 10.0 Å². The Bertz CT molecular complexity index is 686. The van der Waals surface area contributed by atoms with E-state index in [-0.39, 0.29) is 5.41 Å². The number of benzene rings is 1. The maximum atomic E-state index is 12.7. The molecule has 3 nitrogen and oxygen atoms in total. The van der Waals surface area contributed by atoms with Crippen LogP contribution in [0.4, 0.5) is 0 Å². The summed E-state index contributed by atoms with van der Waals surface area (Å²) >= 11 is 0. The van der Waals surface area contributed by atoms with Crippen molar-refractivity contribution in [2.45, 2.75) is 31.6 Å². The Morgan fingerprint density at radius 3 is 2.60 bits per heavy atom. The number of nitrogens with zero attached hydrogens (tertiary/aromatic N) is 1. The average Bonchev–Trinajstić information content (AvgIpc) is 2.79. The third kappa shape index (κ3) is 2.08. The van der Waals surface area contributed by atoms with Crippen molar-refractivity contribution in [3.63, 3.8) is 0 Å². The van der Waals surface area contributed by atoms with Gasteiger partial charge < -0.3 is 0 Å². The number of rotatable bonds is 2. The molecule has 20 heavy (non-hydrogen) atoms. The van der Waals surface area contributed by atoms with E-state index in [4.69, 9.17) is 0 Å². The molecule has 1 unspecified atom stereocenters. The SMILES string of the molecule is Cc1ccc(S(=O)(=O)N2C=CC3=CCCC3(C)C2)cc1. The van der Waals surface area contributed by atoms with E-state index in [0.29, 0.717) is 11.4 Å². The molecule has 0 saturated heterocycles. The number of hydrogen-bond donors (Lipinski definition) is 0. The van der Waals surface area contributed by atoms with Gasteiger partial charge in [-0.2, -0.15) is 0 Å². The van der Waals surface area contributed by atoms with Crippen LogP contribution in [0.5, 0.6) is 0 Å². The van der Waals surface area contributed by atoms with E-state index in [1.54, 1.807) is 18.3 Å². The number of fused-ring (bicyclic) bond motifs is 1. The Kier molecular flexibility index (Phi) is 3.01. The topological polar surface area (TPSA) is 37.4 Å². The molecule has 0 saturated carbocycles. The van der Waals surface area contributed by atoms with Crippen molar-refractivity contribution in [2.24, 2.45) is 5.41 Å². The first-order chi connectivity index (χ1) is 9.42. The second-order valence-electron chi connectivity index (χ2n) is 5.94. The van der Waals surface area contributed by atoms with Gasteiger partial charge in [-0.25, -0.2) is 8.42 Å². The molecule has 1 aromatic carbocycles. The van der Waals surface area contributed by atoms with E-state index in [1.165, 1.54) is 9.88 Å². The molecule has 1 atom stereocenters. The molecular formula is C16H19NO2S. The third-order valence-electron chi connectivity index (χ3n) is 4.31. The van der Waals surface area contributed by atoms with Gasteiger partial charge in [0.1, 0.15) is 0 Å². The van der Waals surface area contributed by atoms with Crippen molar-refractivity contribution in [3.8, 4) is 0 Å². The zero-order chi connectivity index (χ0) is 14.4. The number of allylic oxidation sites excluding steroid dienone is 2. The molecule has 4 heteroatoms. The minimum Gasteiger partial charge on any atom is -0.272 e. The minimum absolute atomic E-state index is 0.0352. The molecule has 1 aliphatic heterocycles. The Hall–Kier alpha value is -1.55. The van der Waals surface area contributed by atoms with E-state index in [2.05, 4.69) is 13.0 Å². The molecule has 0 amide bonds. The van der Waals surface area contributed by atoms with Crippen LogP contribution in [0.2, 0.25) is 0 Å². The molecule has 3 rings (SSSR count). The van der Waals surface area contributed by atoms with Crippen LogP contribution in [0.3, 0.4) is 0 Å². The highest BCUT2D eigenvalue weighted by molar-refractivity contribution is 7.89. The van der Waals surface area contributed by atoms with Gasteiger partial charge in [0, 0.05) is 18.2 Å². The molecule has 1 aromatic rings. The summed E-state index contributed by atoms with van der Waals surface area (Å²) in [7, 11) is -3.44. The van der Waals surface area contributed by atoms with Gasteiger partial charge in [0.05, 0.1) is 4.90 Å². The van der Waals surface area contributed by atoms with E-state index < -0.39 is 10.0 Å². The van der Waals surface area contributed by atoms with Crippen molar-refractivity contribution in [3.05, 3.63) is 53.8 Å². The lowest BCUT2D eigenvalue weighted by Gasteiger charge is -2.36. The molecule has 0 N–H and O–H groups in total. The quantitative estimate of drug-likeness (QED) is 0.838. The molecule has 2 aliphatic rings. The molecule has 0 spiro atoms. The summed E-state index contributed by atoms with van der Waals surface area (Å²) in [6.07, 6.45) is 7.92. The zero-order valence-electron chi connectivity index (χ0n) is 11.8. The highest BCUT2D eigenvalue weighted by atomic mass is 32.2. The smallest absolute Gasteiger partial charge is 0.263 e. The van der Waals surface area contributed by atoms with Crippen molar-refractivity contribution in [2.75, 3.05) is 6.54 Å². The van der Waals surface area contributed by atoms with Gasteiger partial charge in [-0.1, -0.05) is 30.7 Å². The van der Waals surface area contributed by atoms with Crippen LogP contribution >= 0.6 is 0 Å². The summed E-state index contributed by atoms with van der Waals surface area (Å²) in [4.78, 5) is 0.363. The van der Waals surface area contributed by atoms with Crippen molar-refractivity contribution >= 4 is 10.0 Å². The van der Waals surface area contributed by atoms with Crippen LogP contribution in [0.1, 0.15) is 25.3 Å². The molecule has 1 heterocycles. The van der Waals surface area contributed by atoms with E-state index in [1.807, 2.05) is 25.1 Å². The first-order valence-electron chi connectivity index (χ1n) is 6.89. The summed E-state index contributed by atoms with van der Waals surface area (Å²) in [6, 6.07) is 7.04. The maximum Gasteiger partial charge on any atom is 0.263 e. The lowest BCUT2D eigenvalue weighted by molar-refractivity contribution is 0.311. The number of aryl methyl sites for hydroxylation is 1. The van der Waals surface area contributed by atoms with Crippen molar-refractivity contribution < 1.29 is 8.42 Å². The van der Waals surface area contributed by atoms with Crippen LogP contribution in [0.15, 0.2) is 53.1 Å². The highest BCUT2D eigenvalue weighted by Gasteiger charge is 2.38. The van der Waals surface area contributed by atoms with Crippen molar-refractivity contribution in [1.29, 1.82) is 0 Å². The van der Waals surface area contributed by atoms with Crippen LogP contribution in [0.25, 0.3) is 0 Å². The van der Waals surface area contributed by atoms with Gasteiger partial charge in [0.2, 0.25) is 0 Å². The number of sulfonamides is 1. The van der Waals surface area contributed by atoms with Gasteiger partial charge in [-0.05, 0) is 43.5 Å². The Labute approximate surface area is 120 Å². The Morgan fingerprint density at radius 1 is 1.20 bits per heavy atom. The Balaban J connectivity index is 1.95. The number of hydrogen-bond acceptors (Lipinski definition) is 2. The van der Waals surface area contributed by atoms with Gasteiger partial charge in [0.15, 0.2) is 0 Å². The van der Waals surface area contributed by atoms with Crippen LogP contribution in [0, 0.1) is 12.3 Å². The Morgan fingerprint density at radius 2 is 1.90 bits per heavy atom. The third-order valence-corrected chi connectivity index (χ3v) is 6.05. The zero-order valence-corrected chi connectivity index (χ0v) is 12.7. The monoisotopic (exact) mass is 289 g/mol. The predicted molar refractivity (Wildman–Crippen MR) is 79.6 cm³/mol. The molecule has 0 aromatic heterocycles. The van der Waals surface area contributed by atoms with Crippen LogP contribution in [-0.4, -0.2) is 19.3 Å². The largest absolute Gasteiger partial charge is 0.272 e. The summed E-state index contributed by atoms with van der Waals surface area (Å²) < 4.78 is 26.9. The molecule has 1 aliphatic carbocycles. The lowest BCUT2D eigenvalue weighted by Crippen LogP contribution is -2.39. The van der Waals surface area contributed by atoms with Gasteiger partial charge in [-0.3, -0.25) is 4.31 Å². The van der Waals surface area contributed by atoms with Crippen molar-refractivity contribution in [1.82, 2.24) is 4.31 Å². The van der Waals surface area contributed by atoms with Gasteiger partial charge >= 0.3 is 0 Å². The van der Waals surface area contributed by atoms with E-state index in [9.17, 15) is 8.42 Å². The maximum absolute atomic E-state index is 12.7. The van der Waals surface area contributed by atoms with Crippen LogP contribution < -0.4 is 0 Å². The molecule has 106 valence electrons. The minimum atomic E-state index is -3.44. The predicted octanol–water partition coefficient (Wildman–Crippen LogP) is 3.24. The molecule has 0 bridgehead atoms. The fraction of sp³-hybridized carbons (Fsp3) is 0.375. The van der Waals surface area contributed by atoms with Gasteiger partial charge in [0.25, 0.3) is 10.0 Å². The second-order valence-corrected chi connectivity index (χ2v) is 7.83. The summed E-state index contributed by atoms with van der Waals surface area (Å²) in [5.74, 6) is 0. The fourth-order valence-electron chi connectivity index (χ4n) is 2.95. The normalized spacial score (nSPS) is 25.5. The second kappa shape index (κ2) is 4.48. The highest BCUT2D eigenvalue weighted by Crippen LogP contribution is 2.43. The molecular weight excluding hydrogens is 270 g/mol. The summed E-state index contributed by atoms with van der Waals surface area (Å²) in [6.45, 7) is 4.63. The van der Waals surface area contributed by atoms with E-state index in [0.717, 1.165) is 18.4 Å². The van der Waals surface area contributed by atoms with Gasteiger partial charge in [-0.15, -0.1) is 0 Å². The summed E-state index contributed by atoms with van der Waals surface area (Å²) in [5, 5.41) is 0. The first kappa shape index (κ1) is 13.4. The molecule has 0 radical (unpaired) electrons. The molecule has 0 fully saturated rings.